The van der Waals surface area contributed by atoms with Crippen molar-refractivity contribution in [2.24, 2.45) is 4.99 Å². The van der Waals surface area contributed by atoms with E-state index in [-0.39, 0.29) is 0 Å². The number of aliphatic imine (C=N–C) groups is 1. The first-order valence-electron chi connectivity index (χ1n) is 9.46. The van der Waals surface area contributed by atoms with Gasteiger partial charge in [0.05, 0.1) is 0 Å². The quantitative estimate of drug-likeness (QED) is 0.437. The molecule has 2 fully saturated rings. The maximum absolute atomic E-state index is 5.11. The lowest BCUT2D eigenvalue weighted by Crippen LogP contribution is -2.53. The molecule has 0 aromatic heterocycles. The molecule has 2 aliphatic rings. The van der Waals surface area contributed by atoms with E-state index in [0.717, 1.165) is 45.0 Å². The smallest absolute Gasteiger partial charge is 0.193 e. The maximum atomic E-state index is 5.11. The third kappa shape index (κ3) is 6.18. The number of rotatable bonds is 7. The van der Waals surface area contributed by atoms with Gasteiger partial charge in [0.2, 0.25) is 0 Å². The molecule has 1 aliphatic heterocycles. The van der Waals surface area contributed by atoms with Crippen molar-refractivity contribution in [3.05, 3.63) is 0 Å². The summed E-state index contributed by atoms with van der Waals surface area (Å²) in [5.41, 5.74) is 0. The van der Waals surface area contributed by atoms with Gasteiger partial charge >= 0.3 is 0 Å². The molecule has 1 saturated heterocycles. The first-order chi connectivity index (χ1) is 11.3. The molecule has 5 heteroatoms. The van der Waals surface area contributed by atoms with E-state index < -0.39 is 0 Å². The number of guanidine groups is 1. The fraction of sp³-hybridized carbons (Fsp3) is 0.944. The van der Waals surface area contributed by atoms with Gasteiger partial charge in [-0.25, -0.2) is 0 Å². The van der Waals surface area contributed by atoms with Crippen LogP contribution in [-0.4, -0.2) is 61.3 Å². The molecule has 1 heterocycles. The van der Waals surface area contributed by atoms with Gasteiger partial charge in [0.25, 0.3) is 0 Å². The predicted octanol–water partition coefficient (Wildman–Crippen LogP) is 3.52. The van der Waals surface area contributed by atoms with E-state index in [2.05, 4.69) is 28.9 Å². The van der Waals surface area contributed by atoms with Crippen LogP contribution >= 0.6 is 11.8 Å². The highest BCUT2D eigenvalue weighted by Gasteiger charge is 2.38. The van der Waals surface area contributed by atoms with E-state index in [1.807, 2.05) is 0 Å². The van der Waals surface area contributed by atoms with E-state index in [0.29, 0.717) is 4.75 Å². The van der Waals surface area contributed by atoms with Gasteiger partial charge in [0.1, 0.15) is 0 Å². The van der Waals surface area contributed by atoms with Crippen LogP contribution in [0, 0.1) is 0 Å². The van der Waals surface area contributed by atoms with Crippen molar-refractivity contribution in [2.75, 3.05) is 45.6 Å². The Morgan fingerprint density at radius 1 is 1.22 bits per heavy atom. The van der Waals surface area contributed by atoms with E-state index in [1.165, 1.54) is 50.8 Å². The molecule has 4 nitrogen and oxygen atoms in total. The van der Waals surface area contributed by atoms with E-state index in [9.17, 15) is 0 Å². The molecule has 1 spiro atoms. The Labute approximate surface area is 146 Å². The van der Waals surface area contributed by atoms with Gasteiger partial charge in [-0.2, -0.15) is 11.8 Å². The van der Waals surface area contributed by atoms with Crippen LogP contribution in [0.2, 0.25) is 0 Å². The Balaban J connectivity index is 1.85. The first-order valence-corrected chi connectivity index (χ1v) is 10.4. The van der Waals surface area contributed by atoms with Crippen molar-refractivity contribution in [1.29, 1.82) is 0 Å². The first kappa shape index (κ1) is 18.9. The minimum Gasteiger partial charge on any atom is -0.385 e. The summed E-state index contributed by atoms with van der Waals surface area (Å²) in [6.07, 6.45) is 10.5. The van der Waals surface area contributed by atoms with E-state index >= 15 is 0 Å². The van der Waals surface area contributed by atoms with Crippen molar-refractivity contribution < 1.29 is 4.74 Å². The molecule has 0 radical (unpaired) electrons. The second kappa shape index (κ2) is 10.4. The molecule has 1 saturated carbocycles. The highest BCUT2D eigenvalue weighted by molar-refractivity contribution is 8.00. The molecule has 1 aliphatic carbocycles. The average Bonchev–Trinajstić information content (AvgIpc) is 2.58. The van der Waals surface area contributed by atoms with Crippen LogP contribution in [0.15, 0.2) is 4.99 Å². The molecule has 0 unspecified atom stereocenters. The number of hydrogen-bond donors (Lipinski definition) is 1. The molecular weight excluding hydrogens is 306 g/mol. The zero-order valence-corrected chi connectivity index (χ0v) is 15.9. The highest BCUT2D eigenvalue weighted by atomic mass is 32.2. The molecule has 0 amide bonds. The van der Waals surface area contributed by atoms with Gasteiger partial charge < -0.3 is 15.0 Å². The van der Waals surface area contributed by atoms with Crippen LogP contribution in [-0.2, 0) is 4.74 Å². The number of thioether (sulfide) groups is 1. The lowest BCUT2D eigenvalue weighted by Gasteiger charge is -2.45. The molecule has 2 rings (SSSR count). The second-order valence-corrected chi connectivity index (χ2v) is 8.37. The Bertz CT molecular complexity index is 351. The summed E-state index contributed by atoms with van der Waals surface area (Å²) in [4.78, 5) is 7.42. The van der Waals surface area contributed by atoms with Gasteiger partial charge in [-0.15, -0.1) is 0 Å². The minimum atomic E-state index is 0.505. The Morgan fingerprint density at radius 2 is 2.04 bits per heavy atom. The molecule has 1 N–H and O–H groups in total. The number of nitrogens with one attached hydrogen (secondary N) is 1. The number of methoxy groups -OCH3 is 1. The van der Waals surface area contributed by atoms with Crippen molar-refractivity contribution >= 4 is 17.7 Å². The largest absolute Gasteiger partial charge is 0.385 e. The van der Waals surface area contributed by atoms with Crippen molar-refractivity contribution in [2.45, 2.75) is 63.0 Å². The number of nitrogens with zero attached hydrogens (tertiary/aromatic N) is 2. The summed E-state index contributed by atoms with van der Waals surface area (Å²) in [5, 5.41) is 3.52. The van der Waals surface area contributed by atoms with Gasteiger partial charge in [-0.3, -0.25) is 4.99 Å². The highest BCUT2D eigenvalue weighted by Crippen LogP contribution is 2.42. The molecular formula is C18H35N3OS. The zero-order valence-electron chi connectivity index (χ0n) is 15.1. The zero-order chi connectivity index (χ0) is 16.4. The minimum absolute atomic E-state index is 0.505. The van der Waals surface area contributed by atoms with Crippen LogP contribution in [0.1, 0.15) is 58.3 Å². The third-order valence-electron chi connectivity index (χ3n) is 4.92. The normalized spacial score (nSPS) is 21.7. The van der Waals surface area contributed by atoms with Gasteiger partial charge in [-0.05, 0) is 39.0 Å². The van der Waals surface area contributed by atoms with Crippen LogP contribution in [0.3, 0.4) is 0 Å². The summed E-state index contributed by atoms with van der Waals surface area (Å²) in [5.74, 6) is 2.39. The molecule has 134 valence electrons. The molecule has 23 heavy (non-hydrogen) atoms. The lowest BCUT2D eigenvalue weighted by atomic mass is 9.87. The summed E-state index contributed by atoms with van der Waals surface area (Å²) >= 11 is 2.22. The monoisotopic (exact) mass is 341 g/mol. The molecule has 0 atom stereocenters. The third-order valence-corrected chi connectivity index (χ3v) is 6.45. The molecule has 0 aromatic rings. The number of ether oxygens (including phenoxy) is 1. The van der Waals surface area contributed by atoms with Crippen LogP contribution in [0.4, 0.5) is 0 Å². The lowest BCUT2D eigenvalue weighted by molar-refractivity contribution is 0.192. The Hall–Kier alpha value is -0.420. The maximum Gasteiger partial charge on any atom is 0.193 e. The van der Waals surface area contributed by atoms with E-state index in [4.69, 9.17) is 9.73 Å². The van der Waals surface area contributed by atoms with Crippen molar-refractivity contribution in [3.8, 4) is 0 Å². The van der Waals surface area contributed by atoms with Gasteiger partial charge in [0, 0.05) is 50.4 Å². The summed E-state index contributed by atoms with van der Waals surface area (Å²) in [6.45, 7) is 7.26. The van der Waals surface area contributed by atoms with Gasteiger partial charge in [0.15, 0.2) is 5.96 Å². The second-order valence-electron chi connectivity index (χ2n) is 6.80. The standard InChI is InChI=1S/C18H35N3OS/c1-3-19-17(20-12-8-5-9-14-22-2)21-13-15-23-18(16-21)10-6-4-7-11-18/h3-16H2,1-2H3,(H,19,20). The van der Waals surface area contributed by atoms with Crippen LogP contribution in [0.5, 0.6) is 0 Å². The van der Waals surface area contributed by atoms with Crippen molar-refractivity contribution in [1.82, 2.24) is 10.2 Å². The average molecular weight is 342 g/mol. The van der Waals surface area contributed by atoms with Crippen molar-refractivity contribution in [3.63, 3.8) is 0 Å². The fourth-order valence-corrected chi connectivity index (χ4v) is 5.24. The van der Waals surface area contributed by atoms with Gasteiger partial charge in [-0.1, -0.05) is 19.3 Å². The Kier molecular flexibility index (Phi) is 8.59. The summed E-state index contributed by atoms with van der Waals surface area (Å²) in [7, 11) is 1.77. The van der Waals surface area contributed by atoms with Crippen LogP contribution in [0.25, 0.3) is 0 Å². The Morgan fingerprint density at radius 3 is 2.78 bits per heavy atom. The van der Waals surface area contributed by atoms with E-state index in [1.54, 1.807) is 7.11 Å². The van der Waals surface area contributed by atoms with Crippen LogP contribution < -0.4 is 5.32 Å². The number of unbranched alkanes of at least 4 members (excludes halogenated alkanes) is 2. The summed E-state index contributed by atoms with van der Waals surface area (Å²) in [6, 6.07) is 0. The fourth-order valence-electron chi connectivity index (χ4n) is 3.67. The topological polar surface area (TPSA) is 36.9 Å². The number of hydrogen-bond acceptors (Lipinski definition) is 3. The molecule has 0 aromatic carbocycles. The predicted molar refractivity (Wildman–Crippen MR) is 102 cm³/mol. The SMILES string of the molecule is CCNC(=NCCCCCOC)N1CCSC2(CCCCC2)C1. The summed E-state index contributed by atoms with van der Waals surface area (Å²) < 4.78 is 5.61. The molecule has 0 bridgehead atoms.